The summed E-state index contributed by atoms with van der Waals surface area (Å²) in [5.41, 5.74) is 2.24. The van der Waals surface area contributed by atoms with Crippen molar-refractivity contribution in [1.29, 1.82) is 5.26 Å². The van der Waals surface area contributed by atoms with Crippen LogP contribution in [-0.2, 0) is 16.1 Å². The van der Waals surface area contributed by atoms with E-state index in [1.165, 1.54) is 15.8 Å². The number of carbonyl (C=O) groups excluding carboxylic acids is 1. The first kappa shape index (κ1) is 32.1. The van der Waals surface area contributed by atoms with E-state index in [-0.39, 0.29) is 18.3 Å². The molecule has 0 radical (unpaired) electrons. The lowest BCUT2D eigenvalue weighted by Crippen LogP contribution is -2.61. The molecule has 246 valence electrons. The molecule has 15 heteroatoms. The van der Waals surface area contributed by atoms with Crippen LogP contribution in [0.15, 0.2) is 55.2 Å². The van der Waals surface area contributed by atoms with Gasteiger partial charge in [0.1, 0.15) is 30.4 Å². The molecule has 1 aliphatic carbocycles. The minimum atomic E-state index is -1.85. The molecular weight excluding hydrogens is 610 g/mol. The van der Waals surface area contributed by atoms with Gasteiger partial charge in [0.25, 0.3) is 0 Å². The number of amides is 1. The van der Waals surface area contributed by atoms with E-state index in [9.17, 15) is 35.3 Å². The van der Waals surface area contributed by atoms with E-state index in [1.54, 1.807) is 49.8 Å². The Morgan fingerprint density at radius 3 is 2.64 bits per heavy atom. The normalized spacial score (nSPS) is 23.8. The van der Waals surface area contributed by atoms with Crippen LogP contribution in [-0.4, -0.2) is 99.4 Å². The van der Waals surface area contributed by atoms with Crippen LogP contribution >= 0.6 is 0 Å². The van der Waals surface area contributed by atoms with Crippen molar-refractivity contribution in [1.82, 2.24) is 29.2 Å². The van der Waals surface area contributed by atoms with Crippen LogP contribution < -0.4 is 4.74 Å². The van der Waals surface area contributed by atoms with Crippen LogP contribution in [0.5, 0.6) is 5.75 Å². The maximum absolute atomic E-state index is 13.7. The lowest BCUT2D eigenvalue weighted by Gasteiger charge is -2.38. The predicted molar refractivity (Wildman–Crippen MR) is 164 cm³/mol. The fourth-order valence-electron chi connectivity index (χ4n) is 6.42. The Balaban J connectivity index is 1.20. The molecule has 4 aromatic rings. The molecular formula is C32H35N7O8. The Hall–Kier alpha value is -4.88. The van der Waals surface area contributed by atoms with E-state index < -0.39 is 42.7 Å². The van der Waals surface area contributed by atoms with Gasteiger partial charge in [-0.3, -0.25) is 9.25 Å². The van der Waals surface area contributed by atoms with Crippen molar-refractivity contribution >= 4 is 23.0 Å². The van der Waals surface area contributed by atoms with Gasteiger partial charge in [-0.05, 0) is 30.9 Å². The Morgan fingerprint density at radius 1 is 1.13 bits per heavy atom. The molecule has 0 unspecified atom stereocenters. The zero-order chi connectivity index (χ0) is 33.2. The lowest BCUT2D eigenvalue weighted by atomic mass is 9.96. The van der Waals surface area contributed by atoms with Crippen LogP contribution in [0.4, 0.5) is 4.79 Å². The molecule has 1 amide bonds. The first-order valence-corrected chi connectivity index (χ1v) is 15.3. The molecule has 6 rings (SSSR count). The van der Waals surface area contributed by atoms with Gasteiger partial charge in [0.2, 0.25) is 6.29 Å². The van der Waals surface area contributed by atoms with E-state index in [4.69, 9.17) is 9.47 Å². The first-order chi connectivity index (χ1) is 22.7. The van der Waals surface area contributed by atoms with Crippen molar-refractivity contribution in [3.05, 3.63) is 60.8 Å². The van der Waals surface area contributed by atoms with Gasteiger partial charge in [0.05, 0.1) is 37.0 Å². The second kappa shape index (κ2) is 13.5. The number of nitriles is 1. The molecule has 1 saturated carbocycles. The molecule has 1 aromatic carbocycles. The number of carboxylic acids is 1. The van der Waals surface area contributed by atoms with Crippen LogP contribution in [0.2, 0.25) is 0 Å². The number of aliphatic carboxylic acids is 1. The van der Waals surface area contributed by atoms with E-state index in [2.05, 4.69) is 21.1 Å². The Bertz CT molecular complexity index is 1800. The number of aliphatic hydroxyl groups excluding tert-OH is 3. The van der Waals surface area contributed by atoms with E-state index in [0.29, 0.717) is 34.6 Å². The Morgan fingerprint density at radius 2 is 1.89 bits per heavy atom. The van der Waals surface area contributed by atoms with Gasteiger partial charge in [-0.25, -0.2) is 19.6 Å². The molecule has 6 atom stereocenters. The summed E-state index contributed by atoms with van der Waals surface area (Å²) in [6.45, 7) is 0.0389. The Kier molecular flexibility index (Phi) is 9.19. The fourth-order valence-corrected chi connectivity index (χ4v) is 6.42. The number of hydrogen-bond donors (Lipinski definition) is 4. The monoisotopic (exact) mass is 645 g/mol. The zero-order valence-electron chi connectivity index (χ0n) is 25.5. The number of fused-ring (bicyclic) bond motifs is 1. The highest BCUT2D eigenvalue weighted by Crippen LogP contribution is 2.37. The topological polar surface area (TPSA) is 209 Å². The van der Waals surface area contributed by atoms with Gasteiger partial charge in [-0.15, -0.1) is 0 Å². The molecule has 2 aliphatic rings. The number of para-hydroxylation sites is 1. The molecule has 0 spiro atoms. The summed E-state index contributed by atoms with van der Waals surface area (Å²) in [4.78, 5) is 35.5. The first-order valence-electron chi connectivity index (χ1n) is 15.3. The molecule has 0 bridgehead atoms. The molecule has 3 aromatic heterocycles. The quantitative estimate of drug-likeness (QED) is 0.207. The van der Waals surface area contributed by atoms with E-state index >= 15 is 0 Å². The third-order valence-electron chi connectivity index (χ3n) is 8.91. The van der Waals surface area contributed by atoms with Crippen molar-refractivity contribution in [2.45, 2.75) is 75.4 Å². The summed E-state index contributed by atoms with van der Waals surface area (Å²) in [7, 11) is 1.59. The SMILES string of the molecule is CN(Cc1ccccc1O[C@@H]1O[C@H](C(=O)O)[C@@H](O)[C@H](O)[C@H]1O)C(=O)n1ccc2c(-c3cnn([C@H](CC#N)C4CCCC4)c3)ncnc21. The maximum atomic E-state index is 13.7. The number of carboxylic acid groups (broad SMARTS) is 1. The lowest BCUT2D eigenvalue weighted by molar-refractivity contribution is -0.271. The zero-order valence-corrected chi connectivity index (χ0v) is 25.5. The van der Waals surface area contributed by atoms with Crippen molar-refractivity contribution in [2.24, 2.45) is 5.92 Å². The van der Waals surface area contributed by atoms with Gasteiger partial charge in [0.15, 0.2) is 11.8 Å². The third-order valence-corrected chi connectivity index (χ3v) is 8.91. The highest BCUT2D eigenvalue weighted by molar-refractivity contribution is 5.96. The summed E-state index contributed by atoms with van der Waals surface area (Å²) in [6.07, 6.45) is 2.62. The van der Waals surface area contributed by atoms with Gasteiger partial charge < -0.3 is 34.8 Å². The van der Waals surface area contributed by atoms with Crippen molar-refractivity contribution < 1.29 is 39.5 Å². The van der Waals surface area contributed by atoms with Crippen molar-refractivity contribution in [2.75, 3.05) is 7.05 Å². The van der Waals surface area contributed by atoms with E-state index in [1.807, 2.05) is 10.9 Å². The minimum absolute atomic E-state index is 0.0107. The molecule has 1 saturated heterocycles. The summed E-state index contributed by atoms with van der Waals surface area (Å²) >= 11 is 0. The molecule has 15 nitrogen and oxygen atoms in total. The molecule has 1 aliphatic heterocycles. The number of nitrogens with zero attached hydrogens (tertiary/aromatic N) is 7. The number of rotatable bonds is 9. The smallest absolute Gasteiger partial charge is 0.335 e. The van der Waals surface area contributed by atoms with Crippen molar-refractivity contribution in [3.8, 4) is 23.1 Å². The Labute approximate surface area is 269 Å². The largest absolute Gasteiger partial charge is 0.479 e. The predicted octanol–water partition coefficient (Wildman–Crippen LogP) is 2.31. The maximum Gasteiger partial charge on any atom is 0.335 e. The van der Waals surface area contributed by atoms with Crippen molar-refractivity contribution in [3.63, 3.8) is 0 Å². The number of aromatic nitrogens is 5. The number of carbonyl (C=O) groups is 2. The van der Waals surface area contributed by atoms with Gasteiger partial charge in [-0.1, -0.05) is 31.0 Å². The molecule has 4 N–H and O–H groups in total. The summed E-state index contributed by atoms with van der Waals surface area (Å²) < 4.78 is 14.3. The second-order valence-corrected chi connectivity index (χ2v) is 11.9. The van der Waals surface area contributed by atoms with Crippen LogP contribution in [0.1, 0.15) is 43.7 Å². The molecule has 4 heterocycles. The highest BCUT2D eigenvalue weighted by atomic mass is 16.7. The second-order valence-electron chi connectivity index (χ2n) is 11.9. The summed E-state index contributed by atoms with van der Waals surface area (Å²) in [6, 6.07) is 10.2. The van der Waals surface area contributed by atoms with Crippen LogP contribution in [0.25, 0.3) is 22.3 Å². The van der Waals surface area contributed by atoms with Crippen LogP contribution in [0, 0.1) is 17.2 Å². The standard InChI is InChI=1S/C32H35N7O8/c1-37(15-19-8-4-5-9-23(19)46-31-27(42)25(40)26(41)28(47-31)30(43)44)32(45)38-13-11-21-24(34-17-35-29(21)38)20-14-36-39(16-20)22(10-12-33)18-6-2-3-7-18/h4-5,8-9,11,13-14,16-18,22,25-28,31,40-42H,2-3,6-7,10,15H2,1H3,(H,43,44)/t22-,25+,26+,27-,28+,31-/m1/s1. The van der Waals surface area contributed by atoms with Crippen LogP contribution in [0.3, 0.4) is 0 Å². The summed E-state index contributed by atoms with van der Waals surface area (Å²) in [5.74, 6) is -0.947. The molecule has 47 heavy (non-hydrogen) atoms. The van der Waals surface area contributed by atoms with Gasteiger partial charge in [0, 0.05) is 36.0 Å². The van der Waals surface area contributed by atoms with Gasteiger partial charge >= 0.3 is 12.0 Å². The number of hydrogen-bond acceptors (Lipinski definition) is 11. The average molecular weight is 646 g/mol. The number of aliphatic hydroxyl groups is 3. The van der Waals surface area contributed by atoms with Gasteiger partial charge in [-0.2, -0.15) is 10.4 Å². The highest BCUT2D eigenvalue weighted by Gasteiger charge is 2.48. The summed E-state index contributed by atoms with van der Waals surface area (Å²) in [5, 5.41) is 54.6. The number of benzene rings is 1. The average Bonchev–Trinajstić information content (AvgIpc) is 3.86. The third kappa shape index (κ3) is 6.28. The number of ether oxygens (including phenoxy) is 2. The minimum Gasteiger partial charge on any atom is -0.479 e. The van der Waals surface area contributed by atoms with E-state index in [0.717, 1.165) is 31.2 Å². The molecule has 2 fully saturated rings. The fraction of sp³-hybridized carbons (Fsp3) is 0.438.